The van der Waals surface area contributed by atoms with E-state index in [-0.39, 0.29) is 0 Å². The van der Waals surface area contributed by atoms with Gasteiger partial charge in [-0.25, -0.2) is 4.79 Å². The number of benzene rings is 2. The van der Waals surface area contributed by atoms with Crippen LogP contribution in [-0.2, 0) is 9.63 Å². The second kappa shape index (κ2) is 9.89. The summed E-state index contributed by atoms with van der Waals surface area (Å²) in [6.07, 6.45) is 2.53. The third-order valence-corrected chi connectivity index (χ3v) is 4.90. The van der Waals surface area contributed by atoms with E-state index in [2.05, 4.69) is 10.1 Å². The monoisotopic (exact) mass is 394 g/mol. The van der Waals surface area contributed by atoms with Crippen LogP contribution in [0.15, 0.2) is 65.3 Å². The lowest BCUT2D eigenvalue weighted by molar-refractivity contribution is -0.133. The van der Waals surface area contributed by atoms with Crippen LogP contribution < -0.4 is 4.74 Å². The average Bonchev–Trinajstić information content (AvgIpc) is 2.75. The zero-order valence-electron chi connectivity index (χ0n) is 16.8. The predicted octanol–water partition coefficient (Wildman–Crippen LogP) is 3.49. The SMILES string of the molecule is COc1cccc(C(=NOCCN2CCC=C(C(=O)O)C2)c2ccccc2C)c1. The number of aliphatic carboxylic acids is 1. The summed E-state index contributed by atoms with van der Waals surface area (Å²) in [4.78, 5) is 18.9. The molecule has 1 N–H and O–H groups in total. The van der Waals surface area contributed by atoms with Crippen LogP contribution >= 0.6 is 0 Å². The van der Waals surface area contributed by atoms with Crippen molar-refractivity contribution in [2.45, 2.75) is 13.3 Å². The van der Waals surface area contributed by atoms with Crippen LogP contribution in [-0.4, -0.2) is 55.0 Å². The molecule has 3 rings (SSSR count). The third-order valence-electron chi connectivity index (χ3n) is 4.90. The van der Waals surface area contributed by atoms with Crippen molar-refractivity contribution in [2.24, 2.45) is 5.16 Å². The van der Waals surface area contributed by atoms with Crippen LogP contribution in [0.5, 0.6) is 5.75 Å². The van der Waals surface area contributed by atoms with Crippen LogP contribution in [0.2, 0.25) is 0 Å². The van der Waals surface area contributed by atoms with Crippen LogP contribution in [0.4, 0.5) is 0 Å². The van der Waals surface area contributed by atoms with Crippen molar-refractivity contribution >= 4 is 11.7 Å². The molecule has 0 aromatic heterocycles. The van der Waals surface area contributed by atoms with Crippen molar-refractivity contribution in [1.82, 2.24) is 4.90 Å². The van der Waals surface area contributed by atoms with E-state index in [1.165, 1.54) is 0 Å². The zero-order chi connectivity index (χ0) is 20.6. The molecule has 1 aliphatic heterocycles. The Labute approximate surface area is 171 Å². The van der Waals surface area contributed by atoms with Gasteiger partial charge in [-0.2, -0.15) is 0 Å². The number of carboxylic acids is 1. The third kappa shape index (κ3) is 5.45. The number of rotatable bonds is 8. The van der Waals surface area contributed by atoms with E-state index in [4.69, 9.17) is 14.7 Å². The summed E-state index contributed by atoms with van der Waals surface area (Å²) in [5, 5.41) is 13.6. The van der Waals surface area contributed by atoms with E-state index in [1.807, 2.05) is 55.5 Å². The van der Waals surface area contributed by atoms with Crippen molar-refractivity contribution in [1.29, 1.82) is 0 Å². The van der Waals surface area contributed by atoms with Crippen LogP contribution in [0.25, 0.3) is 0 Å². The van der Waals surface area contributed by atoms with E-state index in [0.29, 0.717) is 25.3 Å². The minimum absolute atomic E-state index is 0.381. The Bertz CT molecular complexity index is 921. The van der Waals surface area contributed by atoms with Crippen LogP contribution in [0.1, 0.15) is 23.1 Å². The topological polar surface area (TPSA) is 71.4 Å². The van der Waals surface area contributed by atoms with Crippen molar-refractivity contribution in [2.75, 3.05) is 33.4 Å². The van der Waals surface area contributed by atoms with Crippen molar-refractivity contribution < 1.29 is 19.5 Å². The Morgan fingerprint density at radius 3 is 2.79 bits per heavy atom. The van der Waals surface area contributed by atoms with Crippen molar-refractivity contribution in [3.8, 4) is 5.75 Å². The van der Waals surface area contributed by atoms with Gasteiger partial charge < -0.3 is 14.7 Å². The number of hydrogen-bond donors (Lipinski definition) is 1. The summed E-state index contributed by atoms with van der Waals surface area (Å²) in [6.45, 7) is 4.30. The number of aryl methyl sites for hydroxylation is 1. The summed E-state index contributed by atoms with van der Waals surface area (Å²) < 4.78 is 5.35. The summed E-state index contributed by atoms with van der Waals surface area (Å²) in [5.74, 6) is -0.0985. The molecule has 1 heterocycles. The number of nitrogens with zero attached hydrogens (tertiary/aromatic N) is 2. The molecule has 0 unspecified atom stereocenters. The Morgan fingerprint density at radius 2 is 2.03 bits per heavy atom. The molecule has 0 fully saturated rings. The number of ether oxygens (including phenoxy) is 1. The second-order valence-electron chi connectivity index (χ2n) is 6.92. The molecule has 0 radical (unpaired) electrons. The van der Waals surface area contributed by atoms with E-state index >= 15 is 0 Å². The van der Waals surface area contributed by atoms with Gasteiger partial charge in [-0.3, -0.25) is 4.90 Å². The number of oxime groups is 1. The van der Waals surface area contributed by atoms with Gasteiger partial charge in [0, 0.05) is 36.3 Å². The first kappa shape index (κ1) is 20.6. The molecule has 2 aromatic carbocycles. The lowest BCUT2D eigenvalue weighted by atomic mass is 9.98. The minimum Gasteiger partial charge on any atom is -0.497 e. The molecule has 0 aliphatic carbocycles. The molecule has 1 aliphatic rings. The average molecular weight is 394 g/mol. The normalized spacial score (nSPS) is 15.0. The van der Waals surface area contributed by atoms with Gasteiger partial charge in [0.1, 0.15) is 18.1 Å². The van der Waals surface area contributed by atoms with Gasteiger partial charge in [0.25, 0.3) is 0 Å². The Kier molecular flexibility index (Phi) is 7.03. The molecule has 6 nitrogen and oxygen atoms in total. The van der Waals surface area contributed by atoms with Gasteiger partial charge in [-0.1, -0.05) is 47.6 Å². The zero-order valence-corrected chi connectivity index (χ0v) is 16.8. The maximum Gasteiger partial charge on any atom is 0.332 e. The molecule has 0 amide bonds. The van der Waals surface area contributed by atoms with Gasteiger partial charge in [0.05, 0.1) is 7.11 Å². The molecular formula is C23H26N2O4. The predicted molar refractivity (Wildman–Crippen MR) is 113 cm³/mol. The highest BCUT2D eigenvalue weighted by molar-refractivity contribution is 6.13. The minimum atomic E-state index is -0.853. The summed E-state index contributed by atoms with van der Waals surface area (Å²) in [6, 6.07) is 15.8. The molecule has 0 saturated heterocycles. The molecular weight excluding hydrogens is 368 g/mol. The molecule has 6 heteroatoms. The van der Waals surface area contributed by atoms with Gasteiger partial charge in [0.2, 0.25) is 0 Å². The van der Waals surface area contributed by atoms with Gasteiger partial charge in [-0.05, 0) is 31.0 Å². The first-order valence-corrected chi connectivity index (χ1v) is 9.63. The van der Waals surface area contributed by atoms with Crippen molar-refractivity contribution in [3.63, 3.8) is 0 Å². The van der Waals surface area contributed by atoms with Crippen molar-refractivity contribution in [3.05, 3.63) is 76.9 Å². The maximum absolute atomic E-state index is 11.2. The standard InChI is InChI=1S/C23H26N2O4/c1-17-7-3-4-11-21(17)22(18-8-5-10-20(15-18)28-2)24-29-14-13-25-12-6-9-19(16-25)23(26)27/h3-5,7-11,15H,6,12-14,16H2,1-2H3,(H,26,27). The quantitative estimate of drug-likeness (QED) is 0.422. The van der Waals surface area contributed by atoms with Crippen LogP contribution in [0.3, 0.4) is 0 Å². The van der Waals surface area contributed by atoms with Gasteiger partial charge in [-0.15, -0.1) is 0 Å². The first-order chi connectivity index (χ1) is 14.1. The molecule has 29 heavy (non-hydrogen) atoms. The summed E-state index contributed by atoms with van der Waals surface area (Å²) in [7, 11) is 1.64. The smallest absolute Gasteiger partial charge is 0.332 e. The molecule has 0 atom stereocenters. The van der Waals surface area contributed by atoms with E-state index < -0.39 is 5.97 Å². The number of hydrogen-bond acceptors (Lipinski definition) is 5. The highest BCUT2D eigenvalue weighted by Crippen LogP contribution is 2.19. The Hall–Kier alpha value is -3.12. The highest BCUT2D eigenvalue weighted by Gasteiger charge is 2.17. The van der Waals surface area contributed by atoms with Gasteiger partial charge >= 0.3 is 5.97 Å². The highest BCUT2D eigenvalue weighted by atomic mass is 16.6. The molecule has 2 aromatic rings. The second-order valence-corrected chi connectivity index (χ2v) is 6.92. The summed E-state index contributed by atoms with van der Waals surface area (Å²) >= 11 is 0. The van der Waals surface area contributed by atoms with E-state index in [0.717, 1.165) is 41.1 Å². The van der Waals surface area contributed by atoms with E-state index in [9.17, 15) is 4.79 Å². The number of carboxylic acid groups (broad SMARTS) is 1. The molecule has 0 spiro atoms. The van der Waals surface area contributed by atoms with E-state index in [1.54, 1.807) is 13.2 Å². The fourth-order valence-electron chi connectivity index (χ4n) is 3.30. The Morgan fingerprint density at radius 1 is 1.21 bits per heavy atom. The lowest BCUT2D eigenvalue weighted by Gasteiger charge is -2.24. The summed E-state index contributed by atoms with van der Waals surface area (Å²) in [5.41, 5.74) is 4.19. The van der Waals surface area contributed by atoms with Gasteiger partial charge in [0.15, 0.2) is 0 Å². The molecule has 152 valence electrons. The Balaban J connectivity index is 1.73. The maximum atomic E-state index is 11.2. The van der Waals surface area contributed by atoms with Crippen LogP contribution in [0, 0.1) is 6.92 Å². The fraction of sp³-hybridized carbons (Fsp3) is 0.304. The number of carbonyl (C=O) groups is 1. The number of methoxy groups -OCH3 is 1. The largest absolute Gasteiger partial charge is 0.497 e. The molecule has 0 bridgehead atoms. The lowest BCUT2D eigenvalue weighted by Crippen LogP contribution is -2.34. The molecule has 0 saturated carbocycles. The fourth-order valence-corrected chi connectivity index (χ4v) is 3.30. The first-order valence-electron chi connectivity index (χ1n) is 9.63.